The largest absolute Gasteiger partial charge is 0.383 e. The fraction of sp³-hybridized carbons (Fsp3) is 0.800. The van der Waals surface area contributed by atoms with Gasteiger partial charge in [-0.3, -0.25) is 9.67 Å². The molecule has 0 amide bonds. The zero-order chi connectivity index (χ0) is 19.1. The Hall–Kier alpha value is -1.56. The minimum Gasteiger partial charge on any atom is -0.383 e. The van der Waals surface area contributed by atoms with Crippen LogP contribution in [0.4, 0.5) is 0 Å². The average Bonchev–Trinajstić information content (AvgIpc) is 2.89. The van der Waals surface area contributed by atoms with Crippen LogP contribution in [-0.2, 0) is 17.8 Å². The normalized spacial score (nSPS) is 21.1. The van der Waals surface area contributed by atoms with Crippen molar-refractivity contribution in [1.82, 2.24) is 20.0 Å². The summed E-state index contributed by atoms with van der Waals surface area (Å²) in [7, 11) is 5.74. The lowest BCUT2D eigenvalue weighted by Gasteiger charge is -2.31. The first kappa shape index (κ1) is 20.7. The predicted octanol–water partition coefficient (Wildman–Crippen LogP) is 2.98. The molecule has 6 nitrogen and oxygen atoms in total. The van der Waals surface area contributed by atoms with E-state index in [9.17, 15) is 0 Å². The van der Waals surface area contributed by atoms with E-state index in [4.69, 9.17) is 4.74 Å². The first-order valence-electron chi connectivity index (χ1n) is 9.89. The van der Waals surface area contributed by atoms with Crippen molar-refractivity contribution in [2.24, 2.45) is 16.8 Å². The van der Waals surface area contributed by atoms with Crippen LogP contribution in [0, 0.1) is 25.7 Å². The van der Waals surface area contributed by atoms with Crippen molar-refractivity contribution in [3.05, 3.63) is 17.0 Å². The van der Waals surface area contributed by atoms with Gasteiger partial charge in [-0.15, -0.1) is 0 Å². The highest BCUT2D eigenvalue weighted by Gasteiger charge is 2.21. The van der Waals surface area contributed by atoms with Gasteiger partial charge in [-0.25, -0.2) is 0 Å². The van der Waals surface area contributed by atoms with E-state index in [1.54, 1.807) is 7.11 Å². The van der Waals surface area contributed by atoms with E-state index in [1.165, 1.54) is 36.9 Å². The predicted molar refractivity (Wildman–Crippen MR) is 108 cm³/mol. The number of methoxy groups -OCH3 is 1. The van der Waals surface area contributed by atoms with Crippen LogP contribution in [-0.4, -0.2) is 55.0 Å². The van der Waals surface area contributed by atoms with Gasteiger partial charge in [-0.05, 0) is 38.5 Å². The SMILES string of the molecule is CN=C(NCc1c(C)nn(CCOC)c1C)N(C)CC1CCC(C)CC1. The Morgan fingerprint density at radius 1 is 1.31 bits per heavy atom. The number of guanidine groups is 1. The molecule has 0 atom stereocenters. The third kappa shape index (κ3) is 5.47. The highest BCUT2D eigenvalue weighted by atomic mass is 16.5. The summed E-state index contributed by atoms with van der Waals surface area (Å²) in [5.74, 6) is 2.65. The van der Waals surface area contributed by atoms with Crippen molar-refractivity contribution in [1.29, 1.82) is 0 Å². The summed E-state index contributed by atoms with van der Waals surface area (Å²) in [5, 5.41) is 8.17. The molecule has 1 fully saturated rings. The molecule has 0 aromatic carbocycles. The van der Waals surface area contributed by atoms with Gasteiger partial charge in [0.15, 0.2) is 5.96 Å². The fourth-order valence-electron chi connectivity index (χ4n) is 3.92. The molecule has 148 valence electrons. The molecular formula is C20H37N5O. The lowest BCUT2D eigenvalue weighted by Crippen LogP contribution is -2.41. The molecule has 1 N–H and O–H groups in total. The van der Waals surface area contributed by atoms with E-state index in [1.807, 2.05) is 11.7 Å². The molecule has 6 heteroatoms. The third-order valence-electron chi connectivity index (χ3n) is 5.70. The maximum absolute atomic E-state index is 5.17. The molecule has 0 radical (unpaired) electrons. The van der Waals surface area contributed by atoms with Crippen molar-refractivity contribution in [3.8, 4) is 0 Å². The Labute approximate surface area is 159 Å². The first-order valence-corrected chi connectivity index (χ1v) is 9.89. The van der Waals surface area contributed by atoms with Crippen molar-refractivity contribution >= 4 is 5.96 Å². The smallest absolute Gasteiger partial charge is 0.193 e. The van der Waals surface area contributed by atoms with Crippen LogP contribution in [0.2, 0.25) is 0 Å². The van der Waals surface area contributed by atoms with Gasteiger partial charge < -0.3 is 15.0 Å². The number of hydrogen-bond acceptors (Lipinski definition) is 3. The van der Waals surface area contributed by atoms with Gasteiger partial charge in [0.25, 0.3) is 0 Å². The monoisotopic (exact) mass is 363 g/mol. The number of hydrogen-bond donors (Lipinski definition) is 1. The van der Waals surface area contributed by atoms with E-state index >= 15 is 0 Å². The van der Waals surface area contributed by atoms with Crippen molar-refractivity contribution < 1.29 is 4.74 Å². The minimum absolute atomic E-state index is 0.680. The van der Waals surface area contributed by atoms with Gasteiger partial charge in [0.1, 0.15) is 0 Å². The Balaban J connectivity index is 1.91. The molecule has 1 aliphatic carbocycles. The number of aromatic nitrogens is 2. The van der Waals surface area contributed by atoms with Gasteiger partial charge in [-0.1, -0.05) is 19.8 Å². The summed E-state index contributed by atoms with van der Waals surface area (Å²) >= 11 is 0. The number of nitrogens with one attached hydrogen (secondary N) is 1. The molecule has 1 aliphatic rings. The second kappa shape index (κ2) is 9.95. The first-order chi connectivity index (χ1) is 12.5. The van der Waals surface area contributed by atoms with Gasteiger partial charge in [-0.2, -0.15) is 5.10 Å². The van der Waals surface area contributed by atoms with Gasteiger partial charge in [0, 0.05) is 45.6 Å². The molecule has 1 aromatic heterocycles. The van der Waals surface area contributed by atoms with Gasteiger partial charge in [0.2, 0.25) is 0 Å². The second-order valence-corrected chi connectivity index (χ2v) is 7.77. The summed E-state index contributed by atoms with van der Waals surface area (Å²) in [4.78, 5) is 6.76. The lowest BCUT2D eigenvalue weighted by molar-refractivity contribution is 0.182. The van der Waals surface area contributed by atoms with E-state index in [-0.39, 0.29) is 0 Å². The van der Waals surface area contributed by atoms with Gasteiger partial charge >= 0.3 is 0 Å². The van der Waals surface area contributed by atoms with E-state index in [0.29, 0.717) is 6.61 Å². The quantitative estimate of drug-likeness (QED) is 0.598. The molecule has 0 aliphatic heterocycles. The van der Waals surface area contributed by atoms with Gasteiger partial charge in [0.05, 0.1) is 18.8 Å². The highest BCUT2D eigenvalue weighted by molar-refractivity contribution is 5.79. The van der Waals surface area contributed by atoms with Crippen LogP contribution in [0.25, 0.3) is 0 Å². The van der Waals surface area contributed by atoms with Crippen LogP contribution < -0.4 is 5.32 Å². The molecule has 1 aromatic rings. The molecule has 1 heterocycles. The number of aryl methyl sites for hydroxylation is 1. The van der Waals surface area contributed by atoms with Crippen LogP contribution in [0.15, 0.2) is 4.99 Å². The van der Waals surface area contributed by atoms with E-state index in [0.717, 1.165) is 43.1 Å². The average molecular weight is 364 g/mol. The Morgan fingerprint density at radius 2 is 2.00 bits per heavy atom. The van der Waals surface area contributed by atoms with E-state index < -0.39 is 0 Å². The molecule has 1 saturated carbocycles. The molecule has 0 spiro atoms. The van der Waals surface area contributed by atoms with Crippen LogP contribution in [0.3, 0.4) is 0 Å². The molecular weight excluding hydrogens is 326 g/mol. The van der Waals surface area contributed by atoms with Crippen molar-refractivity contribution in [2.45, 2.75) is 59.5 Å². The summed E-state index contributed by atoms with van der Waals surface area (Å²) < 4.78 is 7.21. The van der Waals surface area contributed by atoms with Crippen molar-refractivity contribution in [3.63, 3.8) is 0 Å². The zero-order valence-electron chi connectivity index (χ0n) is 17.5. The summed E-state index contributed by atoms with van der Waals surface area (Å²) in [5.41, 5.74) is 3.53. The molecule has 0 unspecified atom stereocenters. The Morgan fingerprint density at radius 3 is 2.62 bits per heavy atom. The van der Waals surface area contributed by atoms with Crippen LogP contribution >= 0.6 is 0 Å². The number of ether oxygens (including phenoxy) is 1. The number of nitrogens with zero attached hydrogens (tertiary/aromatic N) is 4. The molecule has 0 bridgehead atoms. The fourth-order valence-corrected chi connectivity index (χ4v) is 3.92. The standard InChI is InChI=1S/C20H37N5O/c1-15-7-9-18(10-8-15)14-24(5)20(21-4)22-13-19-16(2)23-25(17(19)3)11-12-26-6/h15,18H,7-14H2,1-6H3,(H,21,22). The highest BCUT2D eigenvalue weighted by Crippen LogP contribution is 2.28. The Bertz CT molecular complexity index is 587. The van der Waals surface area contributed by atoms with E-state index in [2.05, 4.69) is 48.1 Å². The summed E-state index contributed by atoms with van der Waals surface area (Å²) in [6.45, 7) is 9.88. The summed E-state index contributed by atoms with van der Waals surface area (Å²) in [6, 6.07) is 0. The van der Waals surface area contributed by atoms with Crippen LogP contribution in [0.1, 0.15) is 49.6 Å². The third-order valence-corrected chi connectivity index (χ3v) is 5.70. The maximum Gasteiger partial charge on any atom is 0.193 e. The maximum atomic E-state index is 5.17. The Kier molecular flexibility index (Phi) is 7.94. The molecule has 0 saturated heterocycles. The molecule has 2 rings (SSSR count). The van der Waals surface area contributed by atoms with Crippen LogP contribution in [0.5, 0.6) is 0 Å². The van der Waals surface area contributed by atoms with Crippen molar-refractivity contribution in [2.75, 3.05) is 34.4 Å². The number of rotatable bonds is 7. The topological polar surface area (TPSA) is 54.7 Å². The number of aliphatic imine (C=N–C) groups is 1. The summed E-state index contributed by atoms with van der Waals surface area (Å²) in [6.07, 6.45) is 5.41. The minimum atomic E-state index is 0.680. The lowest BCUT2D eigenvalue weighted by atomic mass is 9.83. The zero-order valence-corrected chi connectivity index (χ0v) is 17.5. The molecule has 26 heavy (non-hydrogen) atoms. The second-order valence-electron chi connectivity index (χ2n) is 7.77.